The zero-order valence-electron chi connectivity index (χ0n) is 19.6. The Morgan fingerprint density at radius 1 is 1.18 bits per heavy atom. The fraction of sp³-hybridized carbons (Fsp3) is 0.667. The van der Waals surface area contributed by atoms with E-state index in [1.165, 1.54) is 7.11 Å². The van der Waals surface area contributed by atoms with Gasteiger partial charge in [0.1, 0.15) is 6.04 Å². The van der Waals surface area contributed by atoms with Crippen LogP contribution in [0.15, 0.2) is 24.4 Å². The van der Waals surface area contributed by atoms with Gasteiger partial charge < -0.3 is 15.0 Å². The molecule has 9 nitrogen and oxygen atoms in total. The molecule has 0 aliphatic carbocycles. The highest BCUT2D eigenvalue weighted by molar-refractivity contribution is 5.83. The Bertz CT molecular complexity index is 843. The second-order valence-electron chi connectivity index (χ2n) is 9.37. The molecule has 9 heteroatoms. The van der Waals surface area contributed by atoms with E-state index in [9.17, 15) is 14.4 Å². The molecule has 2 amide bonds. The van der Waals surface area contributed by atoms with Crippen molar-refractivity contribution in [2.45, 2.75) is 56.8 Å². The number of fused-ring (bicyclic) bond motifs is 1. The van der Waals surface area contributed by atoms with E-state index in [4.69, 9.17) is 4.74 Å². The molecule has 33 heavy (non-hydrogen) atoms. The summed E-state index contributed by atoms with van der Waals surface area (Å²) in [7, 11) is 3.49. The van der Waals surface area contributed by atoms with E-state index in [1.807, 2.05) is 23.1 Å². The number of likely N-dealkylation sites (tertiary alicyclic amines) is 2. The number of piperidine rings is 1. The monoisotopic (exact) mass is 457 g/mol. The second kappa shape index (κ2) is 10.6. The molecular weight excluding hydrogens is 422 g/mol. The topological polar surface area (TPSA) is 95.1 Å². The lowest BCUT2D eigenvalue weighted by Gasteiger charge is -2.34. The van der Waals surface area contributed by atoms with E-state index in [0.29, 0.717) is 51.9 Å². The van der Waals surface area contributed by atoms with Crippen LogP contribution >= 0.6 is 0 Å². The van der Waals surface area contributed by atoms with E-state index in [1.54, 1.807) is 6.20 Å². The van der Waals surface area contributed by atoms with Crippen LogP contribution in [-0.2, 0) is 25.7 Å². The van der Waals surface area contributed by atoms with Crippen molar-refractivity contribution < 1.29 is 19.1 Å². The summed E-state index contributed by atoms with van der Waals surface area (Å²) < 4.78 is 4.83. The van der Waals surface area contributed by atoms with Crippen molar-refractivity contribution in [3.63, 3.8) is 0 Å². The molecule has 1 N–H and O–H groups in total. The first-order chi connectivity index (χ1) is 16.0. The number of aromatic nitrogens is 1. The highest BCUT2D eigenvalue weighted by Gasteiger charge is 2.45. The average Bonchev–Trinajstić information content (AvgIpc) is 3.22. The maximum atomic E-state index is 13.0. The van der Waals surface area contributed by atoms with Crippen molar-refractivity contribution in [1.82, 2.24) is 25.0 Å². The first kappa shape index (κ1) is 23.6. The van der Waals surface area contributed by atoms with Crippen molar-refractivity contribution >= 4 is 17.8 Å². The first-order valence-corrected chi connectivity index (χ1v) is 12.0. The van der Waals surface area contributed by atoms with E-state index < -0.39 is 0 Å². The molecule has 4 heterocycles. The molecule has 3 fully saturated rings. The Kier molecular flexibility index (Phi) is 7.60. The first-order valence-electron chi connectivity index (χ1n) is 12.0. The molecular formula is C24H35N5O4. The van der Waals surface area contributed by atoms with E-state index >= 15 is 0 Å². The van der Waals surface area contributed by atoms with Gasteiger partial charge in [-0.15, -0.1) is 0 Å². The number of nitrogens with zero attached hydrogens (tertiary/aromatic N) is 4. The standard InChI is InChI=1S/C24H35N5O4/c1-27-19(6-7-21(30)28-12-8-17(9-13-28)24(32)33-2)15-26-23(31)22-20(27)10-14-29(22)16-18-5-3-4-11-25-18/h3-5,11,17,19-20,22H,6-10,12-16H2,1-2H3,(H,26,31)/t19-,20+,22-/m0/s1. The van der Waals surface area contributed by atoms with Crippen LogP contribution in [0.1, 0.15) is 37.8 Å². The van der Waals surface area contributed by atoms with Gasteiger partial charge in [-0.05, 0) is 44.9 Å². The number of carbonyl (C=O) groups excluding carboxylic acids is 3. The molecule has 180 valence electrons. The molecule has 1 aromatic heterocycles. The van der Waals surface area contributed by atoms with Gasteiger partial charge in [0.25, 0.3) is 0 Å². The Balaban J connectivity index is 1.31. The van der Waals surface area contributed by atoms with Gasteiger partial charge in [-0.1, -0.05) is 6.07 Å². The van der Waals surface area contributed by atoms with Gasteiger partial charge in [0.2, 0.25) is 11.8 Å². The molecule has 0 bridgehead atoms. The van der Waals surface area contributed by atoms with Gasteiger partial charge in [0.05, 0.1) is 18.7 Å². The number of likely N-dealkylation sites (N-methyl/N-ethyl adjacent to an activating group) is 1. The van der Waals surface area contributed by atoms with Crippen molar-refractivity contribution in [3.8, 4) is 0 Å². The number of methoxy groups -OCH3 is 1. The fourth-order valence-electron chi connectivity index (χ4n) is 5.51. The molecule has 3 aliphatic heterocycles. The Morgan fingerprint density at radius 3 is 2.67 bits per heavy atom. The molecule has 1 aromatic rings. The maximum Gasteiger partial charge on any atom is 0.308 e. The van der Waals surface area contributed by atoms with Crippen molar-refractivity contribution in [3.05, 3.63) is 30.1 Å². The molecule has 0 spiro atoms. The van der Waals surface area contributed by atoms with Gasteiger partial charge in [-0.2, -0.15) is 0 Å². The SMILES string of the molecule is COC(=O)C1CCN(C(=O)CC[C@H]2CNC(=O)[C@@H]3[C@@H](CCN3Cc3ccccn3)N2C)CC1. The number of hydrogen-bond acceptors (Lipinski definition) is 7. The lowest BCUT2D eigenvalue weighted by Crippen LogP contribution is -2.49. The van der Waals surface area contributed by atoms with Crippen molar-refractivity contribution in [2.24, 2.45) is 5.92 Å². The summed E-state index contributed by atoms with van der Waals surface area (Å²) in [6.45, 7) is 3.27. The van der Waals surface area contributed by atoms with Crippen LogP contribution in [0, 0.1) is 5.92 Å². The second-order valence-corrected chi connectivity index (χ2v) is 9.37. The smallest absolute Gasteiger partial charge is 0.308 e. The van der Waals surface area contributed by atoms with Gasteiger partial charge in [-0.3, -0.25) is 29.2 Å². The zero-order chi connectivity index (χ0) is 23.4. The number of ether oxygens (including phenoxy) is 1. The molecule has 3 saturated heterocycles. The molecule has 3 atom stereocenters. The summed E-state index contributed by atoms with van der Waals surface area (Å²) in [5, 5.41) is 3.12. The summed E-state index contributed by atoms with van der Waals surface area (Å²) in [6.07, 6.45) is 5.18. The minimum absolute atomic E-state index is 0.0685. The summed E-state index contributed by atoms with van der Waals surface area (Å²) in [5.74, 6) is -0.0854. The molecule has 0 saturated carbocycles. The lowest BCUT2D eigenvalue weighted by atomic mass is 9.96. The van der Waals surface area contributed by atoms with E-state index in [-0.39, 0.29) is 41.8 Å². The quantitative estimate of drug-likeness (QED) is 0.627. The summed E-state index contributed by atoms with van der Waals surface area (Å²) in [6, 6.07) is 5.92. The number of amides is 2. The summed E-state index contributed by atoms with van der Waals surface area (Å²) >= 11 is 0. The van der Waals surface area contributed by atoms with Crippen LogP contribution in [-0.4, -0.2) is 95.9 Å². The number of esters is 1. The molecule has 0 unspecified atom stereocenters. The number of pyridine rings is 1. The number of hydrogen-bond donors (Lipinski definition) is 1. The Hall–Kier alpha value is -2.52. The normalized spacial score (nSPS) is 27.0. The summed E-state index contributed by atoms with van der Waals surface area (Å²) in [4.78, 5) is 48.3. The fourth-order valence-corrected chi connectivity index (χ4v) is 5.51. The van der Waals surface area contributed by atoms with Crippen molar-refractivity contribution in [1.29, 1.82) is 0 Å². The van der Waals surface area contributed by atoms with Gasteiger partial charge >= 0.3 is 5.97 Å². The third-order valence-corrected chi connectivity index (χ3v) is 7.51. The highest BCUT2D eigenvalue weighted by atomic mass is 16.5. The van der Waals surface area contributed by atoms with E-state index in [0.717, 1.165) is 18.7 Å². The minimum atomic E-state index is -0.199. The van der Waals surface area contributed by atoms with Crippen LogP contribution in [0.4, 0.5) is 0 Å². The third-order valence-electron chi connectivity index (χ3n) is 7.51. The van der Waals surface area contributed by atoms with Gasteiger partial charge in [0.15, 0.2) is 0 Å². The van der Waals surface area contributed by atoms with Gasteiger partial charge in [-0.25, -0.2) is 0 Å². The molecule has 0 radical (unpaired) electrons. The third kappa shape index (κ3) is 5.35. The number of rotatable bonds is 6. The maximum absolute atomic E-state index is 13.0. The number of carbonyl (C=O) groups is 3. The van der Waals surface area contributed by atoms with Crippen LogP contribution in [0.25, 0.3) is 0 Å². The lowest BCUT2D eigenvalue weighted by molar-refractivity contribution is -0.149. The van der Waals surface area contributed by atoms with Crippen LogP contribution in [0.2, 0.25) is 0 Å². The zero-order valence-corrected chi connectivity index (χ0v) is 19.6. The molecule has 0 aromatic carbocycles. The average molecular weight is 458 g/mol. The Morgan fingerprint density at radius 2 is 1.97 bits per heavy atom. The van der Waals surface area contributed by atoms with Gasteiger partial charge in [0, 0.05) is 57.4 Å². The van der Waals surface area contributed by atoms with Crippen LogP contribution in [0.5, 0.6) is 0 Å². The van der Waals surface area contributed by atoms with Crippen LogP contribution in [0.3, 0.4) is 0 Å². The predicted octanol–water partition coefficient (Wildman–Crippen LogP) is 0.647. The largest absolute Gasteiger partial charge is 0.469 e. The molecule has 3 aliphatic rings. The van der Waals surface area contributed by atoms with Crippen molar-refractivity contribution in [2.75, 3.05) is 40.3 Å². The summed E-state index contributed by atoms with van der Waals surface area (Å²) in [5.41, 5.74) is 0.968. The predicted molar refractivity (Wildman–Crippen MR) is 122 cm³/mol. The number of nitrogens with one attached hydrogen (secondary N) is 1. The minimum Gasteiger partial charge on any atom is -0.469 e. The van der Waals surface area contributed by atoms with E-state index in [2.05, 4.69) is 27.1 Å². The molecule has 4 rings (SSSR count). The van der Waals surface area contributed by atoms with Crippen LogP contribution < -0.4 is 5.32 Å². The Labute approximate surface area is 195 Å². The highest BCUT2D eigenvalue weighted by Crippen LogP contribution is 2.28.